The fraction of sp³-hybridized carbons (Fsp3) is 0.371. The highest BCUT2D eigenvalue weighted by Crippen LogP contribution is 2.25. The molecule has 4 N–H and O–H groups in total. The van der Waals surface area contributed by atoms with Gasteiger partial charge in [0, 0.05) is 61.2 Å². The van der Waals surface area contributed by atoms with Crippen molar-refractivity contribution in [2.45, 2.75) is 33.2 Å². The van der Waals surface area contributed by atoms with Gasteiger partial charge in [0.2, 0.25) is 11.9 Å². The summed E-state index contributed by atoms with van der Waals surface area (Å²) in [7, 11) is 2.07. The molecular formula is C35H52N7O. The summed E-state index contributed by atoms with van der Waals surface area (Å²) in [6, 6.07) is 16.8. The van der Waals surface area contributed by atoms with Gasteiger partial charge in [-0.2, -0.15) is 0 Å². The minimum atomic E-state index is 0. The number of hydrogen-bond donors (Lipinski definition) is 3. The summed E-state index contributed by atoms with van der Waals surface area (Å²) in [5, 5.41) is 6.75. The van der Waals surface area contributed by atoms with E-state index in [2.05, 4.69) is 92.4 Å². The Labute approximate surface area is 261 Å². The standard InChI is InChI=1S/C34H42N7O.CH4.3H2/c1-40-19-16-37-33(42)30-12-17-41(18-13-30)25-29-21-31(36-15-11-26-6-3-2-4-7-26)23-32(22-29)39-34(35)38-14-5-8-28(24-40)20-27-9-10-27;;;;/h2-10,14,20-23,30,36H,11-13,15-19,24-25H2,1H3,(H2,35,39)(H,37,42);1H4;3*1H/b8-5+,28-20-,38-14+;;;;. The normalized spacial score (nSPS) is 24.0. The number of piperidine rings is 1. The predicted octanol–water partition coefficient (Wildman–Crippen LogP) is 5.63. The van der Waals surface area contributed by atoms with Crippen LogP contribution in [0.4, 0.5) is 11.4 Å². The van der Waals surface area contributed by atoms with Crippen molar-refractivity contribution in [3.63, 3.8) is 0 Å². The summed E-state index contributed by atoms with van der Waals surface area (Å²) in [5.74, 6) is 0.457. The fourth-order valence-corrected chi connectivity index (χ4v) is 5.40. The minimum Gasteiger partial charge on any atom is -0.385 e. The summed E-state index contributed by atoms with van der Waals surface area (Å²) >= 11 is 0. The topological polar surface area (TPSA) is 98.4 Å². The summed E-state index contributed by atoms with van der Waals surface area (Å²) in [6.07, 6.45) is 14.6. The number of fused-ring (bicyclic) bond motifs is 11. The summed E-state index contributed by atoms with van der Waals surface area (Å²) in [6.45, 7) is 5.58. The second-order valence-electron chi connectivity index (χ2n) is 11.3. The molecule has 6 rings (SSSR count). The lowest BCUT2D eigenvalue weighted by Gasteiger charge is -2.31. The number of nitrogens with zero attached hydrogens (tertiary/aromatic N) is 4. The first-order valence-corrected chi connectivity index (χ1v) is 14.9. The molecule has 2 aromatic rings. The highest BCUT2D eigenvalue weighted by molar-refractivity contribution is 5.91. The van der Waals surface area contributed by atoms with Gasteiger partial charge < -0.3 is 21.3 Å². The second-order valence-corrected chi connectivity index (χ2v) is 11.3. The van der Waals surface area contributed by atoms with Crippen LogP contribution in [0.5, 0.6) is 0 Å². The number of benzene rings is 2. The van der Waals surface area contributed by atoms with E-state index >= 15 is 0 Å². The van der Waals surface area contributed by atoms with Crippen molar-refractivity contribution in [2.24, 2.45) is 21.6 Å². The lowest BCUT2D eigenvalue weighted by molar-refractivity contribution is -0.126. The van der Waals surface area contributed by atoms with Gasteiger partial charge in [-0.25, -0.2) is 9.98 Å². The summed E-state index contributed by atoms with van der Waals surface area (Å²) in [4.78, 5) is 26.6. The molecule has 3 heterocycles. The van der Waals surface area contributed by atoms with Crippen LogP contribution in [0.2, 0.25) is 0 Å². The Hall–Kier alpha value is -4.01. The Morgan fingerprint density at radius 3 is 2.67 bits per heavy atom. The Morgan fingerprint density at radius 1 is 1.12 bits per heavy atom. The molecule has 1 fully saturated rings. The van der Waals surface area contributed by atoms with E-state index in [0.29, 0.717) is 6.54 Å². The maximum absolute atomic E-state index is 12.9. The molecule has 233 valence electrons. The molecule has 0 aromatic heterocycles. The maximum atomic E-state index is 12.9. The molecule has 0 unspecified atom stereocenters. The van der Waals surface area contributed by atoms with Crippen LogP contribution in [0.1, 0.15) is 35.7 Å². The number of rotatable bonds is 5. The fourth-order valence-electron chi connectivity index (χ4n) is 5.40. The van der Waals surface area contributed by atoms with Gasteiger partial charge in [-0.3, -0.25) is 9.69 Å². The molecule has 4 aliphatic rings. The van der Waals surface area contributed by atoms with Gasteiger partial charge in [0.1, 0.15) is 0 Å². The van der Waals surface area contributed by atoms with E-state index in [9.17, 15) is 4.79 Å². The molecule has 1 amide bonds. The number of carbonyl (C=O) groups is 1. The van der Waals surface area contributed by atoms with Gasteiger partial charge in [0.15, 0.2) is 0 Å². The van der Waals surface area contributed by atoms with E-state index in [0.717, 1.165) is 81.0 Å². The minimum absolute atomic E-state index is 0. The van der Waals surface area contributed by atoms with Gasteiger partial charge in [0.05, 0.1) is 5.69 Å². The van der Waals surface area contributed by atoms with Gasteiger partial charge in [0.25, 0.3) is 0 Å². The van der Waals surface area contributed by atoms with Crippen LogP contribution in [0.3, 0.4) is 0 Å². The molecule has 0 atom stereocenters. The third-order valence-electron chi connectivity index (χ3n) is 7.73. The smallest absolute Gasteiger partial charge is 0.223 e. The highest BCUT2D eigenvalue weighted by Gasteiger charge is 2.25. The van der Waals surface area contributed by atoms with Crippen molar-refractivity contribution < 1.29 is 9.07 Å². The van der Waals surface area contributed by atoms with Crippen molar-refractivity contribution in [1.29, 1.82) is 0 Å². The third kappa shape index (κ3) is 10.6. The third-order valence-corrected chi connectivity index (χ3v) is 7.73. The molecule has 8 nitrogen and oxygen atoms in total. The quantitative estimate of drug-likeness (QED) is 0.422. The monoisotopic (exact) mass is 586 g/mol. The van der Waals surface area contributed by atoms with Crippen LogP contribution < -0.4 is 16.4 Å². The Morgan fingerprint density at radius 2 is 1.91 bits per heavy atom. The number of guanidine groups is 1. The maximum Gasteiger partial charge on any atom is 0.223 e. The molecule has 0 spiro atoms. The molecule has 1 radical (unpaired) electrons. The number of nitrogens with two attached hydrogens (primary N) is 1. The van der Waals surface area contributed by atoms with Crippen molar-refractivity contribution in [3.05, 3.63) is 102 Å². The zero-order valence-corrected chi connectivity index (χ0v) is 24.5. The van der Waals surface area contributed by atoms with Crippen molar-refractivity contribution in [2.75, 3.05) is 51.6 Å². The highest BCUT2D eigenvalue weighted by atomic mass is 16.1. The molecular weight excluding hydrogens is 534 g/mol. The molecule has 4 bridgehead atoms. The number of nitrogens with one attached hydrogen (secondary N) is 2. The van der Waals surface area contributed by atoms with E-state index in [1.54, 1.807) is 6.21 Å². The van der Waals surface area contributed by atoms with Crippen LogP contribution in [-0.4, -0.2) is 74.2 Å². The number of amides is 1. The van der Waals surface area contributed by atoms with E-state index in [4.69, 9.17) is 5.73 Å². The zero-order chi connectivity index (χ0) is 29.1. The van der Waals surface area contributed by atoms with E-state index in [1.165, 1.54) is 11.1 Å². The first kappa shape index (κ1) is 31.9. The Balaban J connectivity index is 0.00000264. The first-order chi connectivity index (χ1) is 20.5. The average Bonchev–Trinajstić information content (AvgIpc) is 3.80. The van der Waals surface area contributed by atoms with E-state index in [1.807, 2.05) is 24.3 Å². The molecule has 43 heavy (non-hydrogen) atoms. The zero-order valence-electron chi connectivity index (χ0n) is 24.5. The van der Waals surface area contributed by atoms with Crippen LogP contribution >= 0.6 is 0 Å². The van der Waals surface area contributed by atoms with Crippen LogP contribution in [0.25, 0.3) is 0 Å². The lowest BCUT2D eigenvalue weighted by Crippen LogP contribution is -2.42. The number of carbonyl (C=O) groups excluding carboxylic acids is 1. The molecule has 3 aliphatic heterocycles. The number of likely N-dealkylation sites (N-methyl/N-ethyl adjacent to an activating group) is 1. The van der Waals surface area contributed by atoms with Crippen molar-refractivity contribution >= 4 is 29.5 Å². The number of allylic oxidation sites excluding steroid dienone is 4. The Kier molecular flexibility index (Phi) is 11.9. The largest absolute Gasteiger partial charge is 0.385 e. The van der Waals surface area contributed by atoms with Gasteiger partial charge in [-0.05, 0) is 85.9 Å². The Bertz CT molecular complexity index is 1380. The number of hydrogen-bond acceptors (Lipinski definition) is 7. The second kappa shape index (κ2) is 16.0. The first-order valence-electron chi connectivity index (χ1n) is 14.9. The molecule has 0 saturated carbocycles. The molecule has 2 aromatic carbocycles. The SMILES string of the molecule is C.CN1CCNC(=O)C2CCN(CC2)Cc2cc(cc(NCCc3ccccc3)c2)N=C(N)/N=C/C=C/C(=C/C2=C[CH]2)C1.[HH].[HH].[HH]. The van der Waals surface area contributed by atoms with Crippen molar-refractivity contribution in [1.82, 2.24) is 15.1 Å². The van der Waals surface area contributed by atoms with Gasteiger partial charge >= 0.3 is 0 Å². The van der Waals surface area contributed by atoms with Gasteiger partial charge in [-0.15, -0.1) is 0 Å². The molecule has 8 heteroatoms. The summed E-state index contributed by atoms with van der Waals surface area (Å²) in [5.41, 5.74) is 12.9. The predicted molar refractivity (Wildman–Crippen MR) is 186 cm³/mol. The van der Waals surface area contributed by atoms with Crippen LogP contribution in [0.15, 0.2) is 94.0 Å². The van der Waals surface area contributed by atoms with Gasteiger partial charge in [-0.1, -0.05) is 56.0 Å². The number of anilines is 1. The van der Waals surface area contributed by atoms with Crippen molar-refractivity contribution in [3.8, 4) is 0 Å². The average molecular weight is 587 g/mol. The summed E-state index contributed by atoms with van der Waals surface area (Å²) < 4.78 is 0. The van der Waals surface area contributed by atoms with Crippen LogP contribution in [-0.2, 0) is 17.8 Å². The molecule has 1 aliphatic carbocycles. The lowest BCUT2D eigenvalue weighted by atomic mass is 9.95. The number of aliphatic imine (C=N–C) groups is 2. The van der Waals surface area contributed by atoms with Crippen LogP contribution in [0, 0.1) is 12.3 Å². The molecule has 1 saturated heterocycles. The van der Waals surface area contributed by atoms with E-state index in [-0.39, 0.29) is 29.5 Å². The van der Waals surface area contributed by atoms with E-state index < -0.39 is 0 Å².